The maximum atomic E-state index is 12.5. The van der Waals surface area contributed by atoms with Gasteiger partial charge in [-0.1, -0.05) is 0 Å². The summed E-state index contributed by atoms with van der Waals surface area (Å²) in [4.78, 5) is 30.6. The van der Waals surface area contributed by atoms with Crippen molar-refractivity contribution in [2.45, 2.75) is 45.1 Å². The minimum atomic E-state index is -0.926. The third-order valence-electron chi connectivity index (χ3n) is 6.91. The van der Waals surface area contributed by atoms with Crippen molar-refractivity contribution < 1.29 is 19.4 Å². The molecule has 0 spiro atoms. The molecule has 0 bridgehead atoms. The summed E-state index contributed by atoms with van der Waals surface area (Å²) in [5, 5.41) is 14.9. The molecule has 12 heteroatoms. The number of halogens is 3. The van der Waals surface area contributed by atoms with Gasteiger partial charge < -0.3 is 25.0 Å². The van der Waals surface area contributed by atoms with Crippen molar-refractivity contribution in [3.05, 3.63) is 29.6 Å². The van der Waals surface area contributed by atoms with Crippen LogP contribution in [0.5, 0.6) is 0 Å². The van der Waals surface area contributed by atoms with E-state index < -0.39 is 5.97 Å². The average Bonchev–Trinajstić information content (AvgIpc) is 3.20. The van der Waals surface area contributed by atoms with Gasteiger partial charge >= 0.3 is 5.97 Å². The lowest BCUT2D eigenvalue weighted by Crippen LogP contribution is -2.37. The Morgan fingerprint density at radius 1 is 1.11 bits per heavy atom. The van der Waals surface area contributed by atoms with Gasteiger partial charge in [0, 0.05) is 44.7 Å². The van der Waals surface area contributed by atoms with Crippen molar-refractivity contribution in [1.29, 1.82) is 0 Å². The van der Waals surface area contributed by atoms with Gasteiger partial charge in [0.2, 0.25) is 0 Å². The number of morpholine rings is 1. The summed E-state index contributed by atoms with van der Waals surface area (Å²) in [6, 6.07) is 5.63. The van der Waals surface area contributed by atoms with E-state index in [-0.39, 0.29) is 69.8 Å². The number of benzene rings is 1. The highest BCUT2D eigenvalue weighted by atomic mass is 79.9. The SMILES string of the molecule is Br.Br.Br.O=C(O)CCNC(=O)c1ccc2c(c1)nc(CCC1CCNCC1)n2CCCN1CCOCC1. The van der Waals surface area contributed by atoms with Crippen LogP contribution in [0.25, 0.3) is 11.0 Å². The van der Waals surface area contributed by atoms with Crippen molar-refractivity contribution in [3.8, 4) is 0 Å². The predicted molar refractivity (Wildman–Crippen MR) is 161 cm³/mol. The Bertz CT molecular complexity index is 979. The number of nitrogens with zero attached hydrogens (tertiary/aromatic N) is 3. The molecule has 0 aliphatic carbocycles. The van der Waals surface area contributed by atoms with Crippen molar-refractivity contribution in [3.63, 3.8) is 0 Å². The number of aromatic nitrogens is 2. The minimum Gasteiger partial charge on any atom is -0.481 e. The van der Waals surface area contributed by atoms with Gasteiger partial charge in [-0.3, -0.25) is 14.5 Å². The van der Waals surface area contributed by atoms with Gasteiger partial charge in [-0.05, 0) is 62.9 Å². The number of aryl methyl sites for hydroxylation is 2. The monoisotopic (exact) mass is 711 g/mol. The number of piperidine rings is 1. The van der Waals surface area contributed by atoms with Crippen LogP contribution in [0.2, 0.25) is 0 Å². The summed E-state index contributed by atoms with van der Waals surface area (Å²) in [6.07, 6.45) is 5.47. The van der Waals surface area contributed by atoms with Gasteiger partial charge in [0.15, 0.2) is 0 Å². The van der Waals surface area contributed by atoms with Crippen LogP contribution >= 0.6 is 50.9 Å². The van der Waals surface area contributed by atoms with E-state index in [1.165, 1.54) is 12.8 Å². The Morgan fingerprint density at radius 3 is 2.54 bits per heavy atom. The lowest BCUT2D eigenvalue weighted by atomic mass is 9.93. The molecule has 2 aliphatic heterocycles. The smallest absolute Gasteiger partial charge is 0.305 e. The fourth-order valence-electron chi connectivity index (χ4n) is 4.93. The zero-order chi connectivity index (χ0) is 23.8. The van der Waals surface area contributed by atoms with Crippen LogP contribution in [0.3, 0.4) is 0 Å². The Labute approximate surface area is 250 Å². The molecule has 2 aliphatic rings. The van der Waals surface area contributed by atoms with E-state index in [0.29, 0.717) is 5.56 Å². The molecule has 0 atom stereocenters. The second-order valence-corrected chi connectivity index (χ2v) is 9.32. The lowest BCUT2D eigenvalue weighted by Gasteiger charge is -2.26. The number of carboxylic acids is 1. The van der Waals surface area contributed by atoms with E-state index >= 15 is 0 Å². The second-order valence-electron chi connectivity index (χ2n) is 9.32. The Kier molecular flexibility index (Phi) is 16.1. The summed E-state index contributed by atoms with van der Waals surface area (Å²) in [5.74, 6) is 0.642. The molecule has 0 radical (unpaired) electrons. The molecule has 0 saturated carbocycles. The van der Waals surface area contributed by atoms with Crippen LogP contribution in [-0.4, -0.2) is 83.9 Å². The van der Waals surface area contributed by atoms with Gasteiger partial charge in [-0.25, -0.2) is 4.98 Å². The minimum absolute atomic E-state index is 0. The summed E-state index contributed by atoms with van der Waals surface area (Å²) < 4.78 is 7.80. The molecule has 37 heavy (non-hydrogen) atoms. The van der Waals surface area contributed by atoms with E-state index in [0.717, 1.165) is 94.5 Å². The number of aliphatic carboxylic acids is 1. The first-order valence-corrected chi connectivity index (χ1v) is 12.6. The average molecular weight is 714 g/mol. The highest BCUT2D eigenvalue weighted by molar-refractivity contribution is 8.93. The Hall–Kier alpha value is -1.05. The Balaban J connectivity index is 0.00000228. The molecule has 1 aromatic heterocycles. The number of ether oxygens (including phenoxy) is 1. The summed E-state index contributed by atoms with van der Waals surface area (Å²) in [5.41, 5.74) is 2.41. The van der Waals surface area contributed by atoms with E-state index in [2.05, 4.69) is 20.1 Å². The number of hydrogen-bond acceptors (Lipinski definition) is 6. The first kappa shape index (κ1) is 34.0. The van der Waals surface area contributed by atoms with Crippen LogP contribution in [0.4, 0.5) is 0 Å². The molecule has 3 heterocycles. The van der Waals surface area contributed by atoms with Crippen LogP contribution in [0.15, 0.2) is 18.2 Å². The van der Waals surface area contributed by atoms with E-state index in [4.69, 9.17) is 14.8 Å². The molecule has 0 unspecified atom stereocenters. The molecule has 1 amide bonds. The zero-order valence-corrected chi connectivity index (χ0v) is 26.3. The maximum absolute atomic E-state index is 12.5. The normalized spacial score (nSPS) is 16.3. The predicted octanol–water partition coefficient (Wildman–Crippen LogP) is 3.63. The van der Waals surface area contributed by atoms with Crippen molar-refractivity contribution >= 4 is 73.9 Å². The van der Waals surface area contributed by atoms with Crippen LogP contribution < -0.4 is 10.6 Å². The first-order chi connectivity index (χ1) is 16.6. The number of carbonyl (C=O) groups is 2. The molecule has 2 saturated heterocycles. The van der Waals surface area contributed by atoms with Crippen molar-refractivity contribution in [1.82, 2.24) is 25.1 Å². The summed E-state index contributed by atoms with van der Waals surface area (Å²) >= 11 is 0. The van der Waals surface area contributed by atoms with E-state index in [9.17, 15) is 9.59 Å². The summed E-state index contributed by atoms with van der Waals surface area (Å²) in [7, 11) is 0. The second kappa shape index (κ2) is 17.5. The van der Waals surface area contributed by atoms with Crippen LogP contribution in [-0.2, 0) is 22.5 Å². The van der Waals surface area contributed by atoms with Crippen molar-refractivity contribution in [2.24, 2.45) is 5.92 Å². The first-order valence-electron chi connectivity index (χ1n) is 12.6. The molecular formula is C25H40Br3N5O4. The van der Waals surface area contributed by atoms with E-state index in [1.54, 1.807) is 0 Å². The molecule has 9 nitrogen and oxygen atoms in total. The third kappa shape index (κ3) is 10.2. The molecule has 2 fully saturated rings. The van der Waals surface area contributed by atoms with Crippen LogP contribution in [0, 0.1) is 5.92 Å². The quantitative estimate of drug-likeness (QED) is 0.327. The number of hydrogen-bond donors (Lipinski definition) is 3. The number of fused-ring (bicyclic) bond motifs is 1. The van der Waals surface area contributed by atoms with Gasteiger partial charge in [0.1, 0.15) is 5.82 Å². The zero-order valence-electron chi connectivity index (χ0n) is 21.2. The third-order valence-corrected chi connectivity index (χ3v) is 6.91. The fraction of sp³-hybridized carbons (Fsp3) is 0.640. The number of carbonyl (C=O) groups excluding carboxylic acids is 1. The largest absolute Gasteiger partial charge is 0.481 e. The van der Waals surface area contributed by atoms with Crippen LogP contribution in [0.1, 0.15) is 48.3 Å². The molecule has 1 aromatic carbocycles. The van der Waals surface area contributed by atoms with Crippen molar-refractivity contribution in [2.75, 3.05) is 52.5 Å². The molecular weight excluding hydrogens is 674 g/mol. The Morgan fingerprint density at radius 2 is 1.84 bits per heavy atom. The van der Waals surface area contributed by atoms with Gasteiger partial charge in [-0.15, -0.1) is 50.9 Å². The highest BCUT2D eigenvalue weighted by Gasteiger charge is 2.18. The standard InChI is InChI=1S/C25H37N5O4.3BrH/c31-24(32)8-11-27-25(33)20-3-4-22-21(18-20)28-23(5-2-19-6-9-26-10-7-19)30(22)13-1-12-29-14-16-34-17-15-29;;;/h3-4,18-19,26H,1-2,5-17H2,(H,27,33)(H,31,32);3*1H. The number of rotatable bonds is 11. The topological polar surface area (TPSA) is 109 Å². The molecule has 4 rings (SSSR count). The highest BCUT2D eigenvalue weighted by Crippen LogP contribution is 2.23. The van der Waals surface area contributed by atoms with Gasteiger partial charge in [-0.2, -0.15) is 0 Å². The molecule has 2 aromatic rings. The number of imidazole rings is 1. The lowest BCUT2D eigenvalue weighted by molar-refractivity contribution is -0.136. The fourth-order valence-corrected chi connectivity index (χ4v) is 4.93. The molecule has 3 N–H and O–H groups in total. The maximum Gasteiger partial charge on any atom is 0.305 e. The molecule has 210 valence electrons. The number of nitrogens with one attached hydrogen (secondary N) is 2. The van der Waals surface area contributed by atoms with Gasteiger partial charge in [0.25, 0.3) is 5.91 Å². The number of carboxylic acid groups (broad SMARTS) is 1. The van der Waals surface area contributed by atoms with E-state index in [1.807, 2.05) is 18.2 Å². The van der Waals surface area contributed by atoms with Gasteiger partial charge in [0.05, 0.1) is 30.7 Å². The number of amides is 1. The summed E-state index contributed by atoms with van der Waals surface area (Å²) in [6.45, 7) is 7.87.